The topological polar surface area (TPSA) is 101 Å². The van der Waals surface area contributed by atoms with Crippen LogP contribution >= 0.6 is 11.8 Å². The fourth-order valence-electron chi connectivity index (χ4n) is 2.76. The van der Waals surface area contributed by atoms with Crippen molar-refractivity contribution in [3.63, 3.8) is 0 Å². The standard InChI is InChI=1S/C21H19FN4O3S/c1-13(23)18(20(28)29-2)17(27)12-30-21-25-24-19(14-6-4-3-5-7-14)26(21)16-10-8-15(22)9-11-16/h3-11,23,27H,12H2,1-2H3/b18-17+,23-13?. The van der Waals surface area contributed by atoms with Crippen LogP contribution in [0.15, 0.2) is 71.1 Å². The van der Waals surface area contributed by atoms with Gasteiger partial charge in [-0.25, -0.2) is 9.18 Å². The Morgan fingerprint density at radius 2 is 1.83 bits per heavy atom. The van der Waals surface area contributed by atoms with E-state index in [1.807, 2.05) is 30.3 Å². The van der Waals surface area contributed by atoms with Crippen molar-refractivity contribution in [2.24, 2.45) is 0 Å². The summed E-state index contributed by atoms with van der Waals surface area (Å²) in [6.45, 7) is 1.39. The Labute approximate surface area is 176 Å². The van der Waals surface area contributed by atoms with E-state index < -0.39 is 5.97 Å². The molecule has 0 atom stereocenters. The van der Waals surface area contributed by atoms with Gasteiger partial charge in [0.2, 0.25) is 0 Å². The number of esters is 1. The Bertz CT molecular complexity index is 1100. The number of nitrogens with one attached hydrogen (secondary N) is 1. The Morgan fingerprint density at radius 3 is 2.43 bits per heavy atom. The summed E-state index contributed by atoms with van der Waals surface area (Å²) < 4.78 is 19.8. The quantitative estimate of drug-likeness (QED) is 0.193. The van der Waals surface area contributed by atoms with E-state index in [1.165, 1.54) is 26.2 Å². The predicted octanol–water partition coefficient (Wildman–Crippen LogP) is 4.19. The molecular formula is C21H19FN4O3S. The van der Waals surface area contributed by atoms with E-state index in [1.54, 1.807) is 16.7 Å². The molecule has 0 unspecified atom stereocenters. The molecule has 1 aromatic heterocycles. The molecule has 7 nitrogen and oxygen atoms in total. The number of hydrogen-bond acceptors (Lipinski definition) is 7. The van der Waals surface area contributed by atoms with E-state index >= 15 is 0 Å². The van der Waals surface area contributed by atoms with E-state index in [2.05, 4.69) is 14.9 Å². The summed E-state index contributed by atoms with van der Waals surface area (Å²) in [6.07, 6.45) is 0. The van der Waals surface area contributed by atoms with Crippen LogP contribution in [-0.2, 0) is 9.53 Å². The first-order chi connectivity index (χ1) is 14.4. The zero-order valence-electron chi connectivity index (χ0n) is 16.3. The molecule has 1 heterocycles. The maximum atomic E-state index is 13.4. The summed E-state index contributed by atoms with van der Waals surface area (Å²) in [7, 11) is 1.18. The largest absolute Gasteiger partial charge is 0.510 e. The highest BCUT2D eigenvalue weighted by Gasteiger charge is 2.21. The number of ether oxygens (including phenoxy) is 1. The molecule has 2 N–H and O–H groups in total. The average Bonchev–Trinajstić information content (AvgIpc) is 3.17. The maximum absolute atomic E-state index is 13.4. The number of carbonyl (C=O) groups excluding carboxylic acids is 1. The van der Waals surface area contributed by atoms with Crippen LogP contribution in [0.2, 0.25) is 0 Å². The van der Waals surface area contributed by atoms with Gasteiger partial charge in [-0.2, -0.15) is 0 Å². The van der Waals surface area contributed by atoms with Crippen molar-refractivity contribution in [3.05, 3.63) is 71.7 Å². The molecule has 30 heavy (non-hydrogen) atoms. The van der Waals surface area contributed by atoms with Crippen LogP contribution in [0.5, 0.6) is 0 Å². The smallest absolute Gasteiger partial charge is 0.343 e. The van der Waals surface area contributed by atoms with E-state index in [0.29, 0.717) is 16.7 Å². The highest BCUT2D eigenvalue weighted by molar-refractivity contribution is 7.99. The van der Waals surface area contributed by atoms with E-state index in [-0.39, 0.29) is 28.6 Å². The van der Waals surface area contributed by atoms with Crippen LogP contribution < -0.4 is 0 Å². The van der Waals surface area contributed by atoms with Gasteiger partial charge in [-0.3, -0.25) is 4.57 Å². The molecule has 0 bridgehead atoms. The van der Waals surface area contributed by atoms with Gasteiger partial charge in [0.25, 0.3) is 0 Å². The summed E-state index contributed by atoms with van der Waals surface area (Å²) in [5.74, 6) is -0.939. The number of halogens is 1. The van der Waals surface area contributed by atoms with Crippen molar-refractivity contribution >= 4 is 23.4 Å². The lowest BCUT2D eigenvalue weighted by atomic mass is 10.1. The summed E-state index contributed by atoms with van der Waals surface area (Å²) >= 11 is 1.13. The molecule has 0 saturated carbocycles. The van der Waals surface area contributed by atoms with Gasteiger partial charge in [0, 0.05) is 17.0 Å². The number of aliphatic hydroxyl groups excluding tert-OH is 1. The van der Waals surface area contributed by atoms with Gasteiger partial charge in [-0.15, -0.1) is 10.2 Å². The summed E-state index contributed by atoms with van der Waals surface area (Å²) in [6, 6.07) is 15.3. The minimum atomic E-state index is -0.787. The van der Waals surface area contributed by atoms with Crippen LogP contribution in [0.4, 0.5) is 4.39 Å². The number of hydrogen-bond donors (Lipinski definition) is 2. The van der Waals surface area contributed by atoms with Crippen molar-refractivity contribution < 1.29 is 19.0 Å². The van der Waals surface area contributed by atoms with Crippen LogP contribution in [0, 0.1) is 11.2 Å². The molecule has 9 heteroatoms. The summed E-state index contributed by atoms with van der Waals surface area (Å²) in [5, 5.41) is 27.0. The second-order valence-electron chi connectivity index (χ2n) is 6.21. The van der Waals surface area contributed by atoms with Crippen LogP contribution in [-0.4, -0.2) is 44.4 Å². The highest BCUT2D eigenvalue weighted by Crippen LogP contribution is 2.29. The monoisotopic (exact) mass is 426 g/mol. The molecule has 0 spiro atoms. The fourth-order valence-corrected chi connectivity index (χ4v) is 3.58. The molecule has 0 aliphatic rings. The molecule has 0 radical (unpaired) electrons. The number of thioether (sulfide) groups is 1. The zero-order chi connectivity index (χ0) is 21.7. The third-order valence-electron chi connectivity index (χ3n) is 4.14. The minimum Gasteiger partial charge on any atom is -0.510 e. The zero-order valence-corrected chi connectivity index (χ0v) is 17.1. The van der Waals surface area contributed by atoms with Gasteiger partial charge >= 0.3 is 5.97 Å². The number of carbonyl (C=O) groups is 1. The molecule has 0 fully saturated rings. The van der Waals surface area contributed by atoms with Gasteiger partial charge < -0.3 is 15.3 Å². The molecule has 3 aromatic rings. The Kier molecular flexibility index (Phi) is 6.63. The lowest BCUT2D eigenvalue weighted by Crippen LogP contribution is -2.15. The minimum absolute atomic E-state index is 0.0330. The summed E-state index contributed by atoms with van der Waals surface area (Å²) in [5.41, 5.74) is 1.15. The number of aliphatic hydroxyl groups is 1. The third kappa shape index (κ3) is 4.57. The maximum Gasteiger partial charge on any atom is 0.343 e. The van der Waals surface area contributed by atoms with Gasteiger partial charge in [0.15, 0.2) is 11.0 Å². The van der Waals surface area contributed by atoms with Crippen molar-refractivity contribution in [1.29, 1.82) is 5.41 Å². The van der Waals surface area contributed by atoms with Gasteiger partial charge in [0.05, 0.1) is 12.9 Å². The van der Waals surface area contributed by atoms with Crippen LogP contribution in [0.1, 0.15) is 6.92 Å². The number of aromatic nitrogens is 3. The molecule has 2 aromatic carbocycles. The first-order valence-electron chi connectivity index (χ1n) is 8.88. The van der Waals surface area contributed by atoms with Crippen molar-refractivity contribution in [2.75, 3.05) is 12.9 Å². The van der Waals surface area contributed by atoms with Crippen molar-refractivity contribution in [3.8, 4) is 17.1 Å². The van der Waals surface area contributed by atoms with Crippen LogP contribution in [0.3, 0.4) is 0 Å². The second-order valence-corrected chi connectivity index (χ2v) is 7.15. The number of rotatable bonds is 7. The Balaban J connectivity index is 2.01. The van der Waals surface area contributed by atoms with Gasteiger partial charge in [0.1, 0.15) is 17.1 Å². The average molecular weight is 426 g/mol. The number of nitrogens with zero attached hydrogens (tertiary/aromatic N) is 3. The molecule has 0 saturated heterocycles. The Morgan fingerprint density at radius 1 is 1.17 bits per heavy atom. The van der Waals surface area contributed by atoms with Gasteiger partial charge in [-0.1, -0.05) is 42.1 Å². The molecule has 3 rings (SSSR count). The molecule has 0 aliphatic carbocycles. The number of methoxy groups -OCH3 is 1. The first kappa shape index (κ1) is 21.3. The fraction of sp³-hybridized carbons (Fsp3) is 0.143. The molecule has 0 aliphatic heterocycles. The van der Waals surface area contributed by atoms with Crippen molar-refractivity contribution in [1.82, 2.24) is 14.8 Å². The molecule has 154 valence electrons. The predicted molar refractivity (Wildman–Crippen MR) is 113 cm³/mol. The molecular weight excluding hydrogens is 407 g/mol. The Hall–Kier alpha value is -3.46. The highest BCUT2D eigenvalue weighted by atomic mass is 32.2. The lowest BCUT2D eigenvalue weighted by molar-refractivity contribution is -0.135. The third-order valence-corrected chi connectivity index (χ3v) is 5.08. The SMILES string of the molecule is COC(=O)/C(C(C)=N)=C(/O)CSc1nnc(-c2ccccc2)n1-c1ccc(F)cc1. The van der Waals surface area contributed by atoms with E-state index in [0.717, 1.165) is 17.3 Å². The second kappa shape index (κ2) is 9.36. The van der Waals surface area contributed by atoms with Gasteiger partial charge in [-0.05, 0) is 31.2 Å². The first-order valence-corrected chi connectivity index (χ1v) is 9.86. The van der Waals surface area contributed by atoms with E-state index in [4.69, 9.17) is 5.41 Å². The molecule has 0 amide bonds. The summed E-state index contributed by atoms with van der Waals surface area (Å²) in [4.78, 5) is 11.9. The number of benzene rings is 2. The lowest BCUT2D eigenvalue weighted by Gasteiger charge is -2.11. The van der Waals surface area contributed by atoms with E-state index in [9.17, 15) is 14.3 Å². The van der Waals surface area contributed by atoms with Crippen molar-refractivity contribution in [2.45, 2.75) is 12.1 Å². The van der Waals surface area contributed by atoms with Crippen LogP contribution in [0.25, 0.3) is 17.1 Å². The normalized spacial score (nSPS) is 11.7.